The standard InChI is InChI=1S/C14H21F3N4O3.ClH/c15-14(16,17)10(20-7-4-18-5-8-20)9-19-11(22)3-6-21-12(23)1-2-13(21)24;/h10,18H,1-9H2,(H,19,22);1H. The minimum absolute atomic E-state index is 0. The van der Waals surface area contributed by atoms with Crippen LogP contribution in [0.15, 0.2) is 0 Å². The van der Waals surface area contributed by atoms with E-state index in [1.165, 1.54) is 4.90 Å². The Morgan fingerprint density at radius 2 is 1.72 bits per heavy atom. The third-order valence-corrected chi connectivity index (χ3v) is 4.18. The van der Waals surface area contributed by atoms with Gasteiger partial charge in [-0.3, -0.25) is 24.2 Å². The molecular formula is C14H22ClF3N4O3. The largest absolute Gasteiger partial charge is 0.405 e. The van der Waals surface area contributed by atoms with E-state index in [-0.39, 0.29) is 63.1 Å². The Morgan fingerprint density at radius 1 is 1.16 bits per heavy atom. The molecule has 2 rings (SSSR count). The molecular weight excluding hydrogens is 365 g/mol. The van der Waals surface area contributed by atoms with Crippen LogP contribution in [-0.4, -0.2) is 79.0 Å². The summed E-state index contributed by atoms with van der Waals surface area (Å²) in [6.45, 7) is 0.838. The molecule has 25 heavy (non-hydrogen) atoms. The number of rotatable bonds is 6. The Morgan fingerprint density at radius 3 is 2.24 bits per heavy atom. The van der Waals surface area contributed by atoms with E-state index in [1.54, 1.807) is 0 Å². The third-order valence-electron chi connectivity index (χ3n) is 4.18. The van der Waals surface area contributed by atoms with Gasteiger partial charge in [-0.05, 0) is 0 Å². The van der Waals surface area contributed by atoms with E-state index in [9.17, 15) is 27.6 Å². The molecule has 3 amide bonds. The molecule has 2 N–H and O–H groups in total. The zero-order chi connectivity index (χ0) is 17.7. The average molecular weight is 387 g/mol. The van der Waals surface area contributed by atoms with Crippen LogP contribution in [0.3, 0.4) is 0 Å². The summed E-state index contributed by atoms with van der Waals surface area (Å²) in [6.07, 6.45) is -4.38. The van der Waals surface area contributed by atoms with Crippen molar-refractivity contribution in [1.29, 1.82) is 0 Å². The molecule has 0 bridgehead atoms. The van der Waals surface area contributed by atoms with Gasteiger partial charge in [0.2, 0.25) is 17.7 Å². The molecule has 0 aliphatic carbocycles. The van der Waals surface area contributed by atoms with Gasteiger partial charge in [0.25, 0.3) is 0 Å². The number of likely N-dealkylation sites (tertiary alicyclic amines) is 1. The van der Waals surface area contributed by atoms with Crippen molar-refractivity contribution in [3.05, 3.63) is 0 Å². The number of alkyl halides is 3. The number of carbonyl (C=O) groups is 3. The number of nitrogens with one attached hydrogen (secondary N) is 2. The van der Waals surface area contributed by atoms with E-state index >= 15 is 0 Å². The highest BCUT2D eigenvalue weighted by atomic mass is 35.5. The zero-order valence-electron chi connectivity index (χ0n) is 13.6. The molecule has 2 heterocycles. The van der Waals surface area contributed by atoms with Crippen molar-refractivity contribution in [2.75, 3.05) is 39.3 Å². The molecule has 1 unspecified atom stereocenters. The summed E-state index contributed by atoms with van der Waals surface area (Å²) in [4.78, 5) is 36.9. The monoisotopic (exact) mass is 386 g/mol. The smallest absolute Gasteiger partial charge is 0.354 e. The van der Waals surface area contributed by atoms with Gasteiger partial charge in [0.15, 0.2) is 0 Å². The number of piperazine rings is 1. The second-order valence-corrected chi connectivity index (χ2v) is 5.84. The van der Waals surface area contributed by atoms with Gasteiger partial charge in [-0.1, -0.05) is 0 Å². The van der Waals surface area contributed by atoms with Crippen molar-refractivity contribution in [2.24, 2.45) is 0 Å². The van der Waals surface area contributed by atoms with E-state index in [2.05, 4.69) is 10.6 Å². The number of halogens is 4. The molecule has 2 saturated heterocycles. The van der Waals surface area contributed by atoms with Gasteiger partial charge in [0.05, 0.1) is 0 Å². The summed E-state index contributed by atoms with van der Waals surface area (Å²) in [5, 5.41) is 5.25. The highest BCUT2D eigenvalue weighted by Crippen LogP contribution is 2.24. The number of amides is 3. The fourth-order valence-corrected chi connectivity index (χ4v) is 2.83. The van der Waals surface area contributed by atoms with Crippen molar-refractivity contribution in [3.63, 3.8) is 0 Å². The summed E-state index contributed by atoms with van der Waals surface area (Å²) >= 11 is 0. The first-order valence-electron chi connectivity index (χ1n) is 7.90. The van der Waals surface area contributed by atoms with Crippen LogP contribution in [0, 0.1) is 0 Å². The second kappa shape index (κ2) is 9.35. The van der Waals surface area contributed by atoms with Gasteiger partial charge < -0.3 is 10.6 Å². The topological polar surface area (TPSA) is 81.8 Å². The van der Waals surface area contributed by atoms with Crippen LogP contribution >= 0.6 is 12.4 Å². The summed E-state index contributed by atoms with van der Waals surface area (Å²) in [6, 6.07) is -1.74. The maximum atomic E-state index is 13.2. The molecule has 2 fully saturated rings. The van der Waals surface area contributed by atoms with Crippen molar-refractivity contribution < 1.29 is 27.6 Å². The molecule has 144 valence electrons. The predicted octanol–water partition coefficient (Wildman–Crippen LogP) is -0.100. The van der Waals surface area contributed by atoms with Crippen LogP contribution in [-0.2, 0) is 14.4 Å². The molecule has 0 spiro atoms. The Balaban J connectivity index is 0.00000312. The van der Waals surface area contributed by atoms with Crippen molar-refractivity contribution in [3.8, 4) is 0 Å². The number of carbonyl (C=O) groups excluding carboxylic acids is 3. The first-order valence-corrected chi connectivity index (χ1v) is 7.90. The van der Waals surface area contributed by atoms with E-state index in [0.717, 1.165) is 4.90 Å². The van der Waals surface area contributed by atoms with Crippen molar-refractivity contribution in [1.82, 2.24) is 20.4 Å². The van der Waals surface area contributed by atoms with Crippen LogP contribution in [0.5, 0.6) is 0 Å². The minimum atomic E-state index is -4.44. The first-order chi connectivity index (χ1) is 11.3. The van der Waals surface area contributed by atoms with E-state index in [0.29, 0.717) is 13.1 Å². The highest BCUT2D eigenvalue weighted by Gasteiger charge is 2.43. The number of nitrogens with zero attached hydrogens (tertiary/aromatic N) is 2. The summed E-state index contributed by atoms with van der Waals surface area (Å²) in [5.41, 5.74) is 0. The molecule has 2 aliphatic rings. The van der Waals surface area contributed by atoms with Gasteiger partial charge in [-0.25, -0.2) is 0 Å². The minimum Gasteiger partial charge on any atom is -0.354 e. The molecule has 0 saturated carbocycles. The van der Waals surface area contributed by atoms with Crippen molar-refractivity contribution in [2.45, 2.75) is 31.5 Å². The maximum Gasteiger partial charge on any atom is 0.405 e. The predicted molar refractivity (Wildman–Crippen MR) is 85.1 cm³/mol. The van der Waals surface area contributed by atoms with Crippen molar-refractivity contribution >= 4 is 30.1 Å². The third kappa shape index (κ3) is 6.12. The average Bonchev–Trinajstić information content (AvgIpc) is 2.84. The lowest BCUT2D eigenvalue weighted by molar-refractivity contribution is -0.184. The molecule has 1 atom stereocenters. The highest BCUT2D eigenvalue weighted by molar-refractivity contribution is 6.02. The van der Waals surface area contributed by atoms with Crippen LogP contribution in [0.4, 0.5) is 13.2 Å². The molecule has 7 nitrogen and oxygen atoms in total. The fourth-order valence-electron chi connectivity index (χ4n) is 2.83. The van der Waals surface area contributed by atoms with Gasteiger partial charge in [-0.15, -0.1) is 12.4 Å². The number of imide groups is 1. The summed E-state index contributed by atoms with van der Waals surface area (Å²) in [7, 11) is 0. The molecule has 0 aromatic carbocycles. The van der Waals surface area contributed by atoms with Gasteiger partial charge in [0.1, 0.15) is 6.04 Å². The zero-order valence-corrected chi connectivity index (χ0v) is 14.4. The maximum absolute atomic E-state index is 13.2. The van der Waals surface area contributed by atoms with Gasteiger partial charge in [0, 0.05) is 58.5 Å². The number of hydrogen-bond donors (Lipinski definition) is 2. The quantitative estimate of drug-likeness (QED) is 0.623. The Labute approximate surface area is 149 Å². The molecule has 2 aliphatic heterocycles. The normalized spacial score (nSPS) is 20.4. The molecule has 11 heteroatoms. The second-order valence-electron chi connectivity index (χ2n) is 5.84. The lowest BCUT2D eigenvalue weighted by Crippen LogP contribution is -2.57. The Hall–Kier alpha value is -1.39. The van der Waals surface area contributed by atoms with Gasteiger partial charge in [-0.2, -0.15) is 13.2 Å². The number of hydrogen-bond acceptors (Lipinski definition) is 5. The SMILES string of the molecule is Cl.O=C(CCN1C(=O)CCC1=O)NCC(N1CCNCC1)C(F)(F)F. The molecule has 0 aromatic heterocycles. The Bertz CT molecular complexity index is 482. The van der Waals surface area contributed by atoms with Gasteiger partial charge >= 0.3 is 6.18 Å². The fraction of sp³-hybridized carbons (Fsp3) is 0.786. The summed E-state index contributed by atoms with van der Waals surface area (Å²) in [5.74, 6) is -1.30. The van der Waals surface area contributed by atoms with Crippen LogP contribution in [0.25, 0.3) is 0 Å². The van der Waals surface area contributed by atoms with E-state index < -0.39 is 24.7 Å². The van der Waals surface area contributed by atoms with Crippen LogP contribution in [0.1, 0.15) is 19.3 Å². The molecule has 0 radical (unpaired) electrons. The van der Waals surface area contributed by atoms with Crippen LogP contribution in [0.2, 0.25) is 0 Å². The first kappa shape index (κ1) is 21.7. The lowest BCUT2D eigenvalue weighted by atomic mass is 10.2. The van der Waals surface area contributed by atoms with E-state index in [4.69, 9.17) is 0 Å². The van der Waals surface area contributed by atoms with E-state index in [1.807, 2.05) is 0 Å². The van der Waals surface area contributed by atoms with Crippen LogP contribution < -0.4 is 10.6 Å². The lowest BCUT2D eigenvalue weighted by Gasteiger charge is -2.35. The summed E-state index contributed by atoms with van der Waals surface area (Å²) < 4.78 is 39.5. The Kier molecular flexibility index (Phi) is 8.10. The molecule has 0 aromatic rings.